The largest absolute Gasteiger partial charge is 0.493 e. The molecule has 0 bridgehead atoms. The van der Waals surface area contributed by atoms with Gasteiger partial charge in [0.2, 0.25) is 12.1 Å². The van der Waals surface area contributed by atoms with Crippen LogP contribution >= 0.6 is 11.8 Å². The molecule has 2 fully saturated rings. The number of carbonyl (C=O) groups excluding carboxylic acids is 1. The lowest BCUT2D eigenvalue weighted by molar-refractivity contribution is -0.256. The van der Waals surface area contributed by atoms with E-state index in [1.165, 1.54) is 4.90 Å². The molecule has 1 saturated heterocycles. The van der Waals surface area contributed by atoms with E-state index in [2.05, 4.69) is 37.4 Å². The normalized spacial score (nSPS) is 25.5. The van der Waals surface area contributed by atoms with Crippen molar-refractivity contribution < 1.29 is 53.4 Å². The molecule has 1 saturated carbocycles. The highest BCUT2D eigenvalue weighted by atomic mass is 32.2. The summed E-state index contributed by atoms with van der Waals surface area (Å²) in [7, 11) is 0. The van der Waals surface area contributed by atoms with Crippen LogP contribution in [0.3, 0.4) is 0 Å². The number of amides is 1. The van der Waals surface area contributed by atoms with Crippen LogP contribution < -0.4 is 9.47 Å². The van der Waals surface area contributed by atoms with E-state index in [1.807, 2.05) is 30.3 Å². The van der Waals surface area contributed by atoms with Gasteiger partial charge in [0, 0.05) is 54.7 Å². The number of benzene rings is 2. The van der Waals surface area contributed by atoms with Crippen LogP contribution in [0.2, 0.25) is 0 Å². The number of allylic oxidation sites excluding steroid dienone is 1. The van der Waals surface area contributed by atoms with Crippen molar-refractivity contribution in [2.45, 2.75) is 99.6 Å². The second kappa shape index (κ2) is 25.6. The number of aliphatic hydroxyl groups is 3. The summed E-state index contributed by atoms with van der Waals surface area (Å²) in [6, 6.07) is 15.5. The first-order valence-corrected chi connectivity index (χ1v) is 23.9. The van der Waals surface area contributed by atoms with Gasteiger partial charge >= 0.3 is 6.09 Å². The van der Waals surface area contributed by atoms with Crippen molar-refractivity contribution in [3.8, 4) is 11.5 Å². The maximum absolute atomic E-state index is 14.4. The molecule has 3 N–H and O–H groups in total. The first-order chi connectivity index (χ1) is 31.0. The van der Waals surface area contributed by atoms with Crippen LogP contribution in [0.4, 0.5) is 4.79 Å². The number of thioether (sulfide) groups is 1. The summed E-state index contributed by atoms with van der Waals surface area (Å²) in [5.41, 5.74) is 2.57. The third-order valence-corrected chi connectivity index (χ3v) is 13.3. The predicted octanol–water partition coefficient (Wildman–Crippen LogP) is 8.04. The lowest BCUT2D eigenvalue weighted by Gasteiger charge is -2.59. The second-order valence-corrected chi connectivity index (χ2v) is 17.6. The molecule has 2 aliphatic carbocycles. The summed E-state index contributed by atoms with van der Waals surface area (Å²) in [6.07, 6.45) is 12.5. The topological polar surface area (TPSA) is 158 Å². The number of hydrogen-bond donors (Lipinski definition) is 3. The molecule has 1 unspecified atom stereocenters. The number of hydrogen-bond acceptors (Lipinski definition) is 13. The lowest BCUT2D eigenvalue weighted by Crippen LogP contribution is -2.70. The van der Waals surface area contributed by atoms with E-state index in [9.17, 15) is 20.1 Å². The first-order valence-electron chi connectivity index (χ1n) is 22.9. The number of unbranched alkanes of at least 4 members (excludes halogenated alkanes) is 2. The van der Waals surface area contributed by atoms with Gasteiger partial charge in [0.1, 0.15) is 17.5 Å². The summed E-state index contributed by atoms with van der Waals surface area (Å²) in [6.45, 7) is 9.53. The fourth-order valence-corrected chi connectivity index (χ4v) is 10.3. The molecule has 4 aliphatic rings. The Morgan fingerprint density at radius 3 is 2.52 bits per heavy atom. The number of rotatable bonds is 27. The maximum atomic E-state index is 14.4. The minimum Gasteiger partial charge on any atom is -0.493 e. The lowest BCUT2D eigenvalue weighted by atomic mass is 9.55. The average molecular weight is 893 g/mol. The Labute approximate surface area is 377 Å². The number of ether oxygens (including phenoxy) is 6. The molecule has 2 heterocycles. The smallest absolute Gasteiger partial charge is 0.410 e. The zero-order valence-electron chi connectivity index (χ0n) is 36.7. The Bertz CT molecular complexity index is 1790. The fourth-order valence-electron chi connectivity index (χ4n) is 9.51. The fraction of sp³-hybridized carbons (Fsp3) is 0.592. The Morgan fingerprint density at radius 1 is 0.952 bits per heavy atom. The third kappa shape index (κ3) is 12.7. The van der Waals surface area contributed by atoms with Crippen LogP contribution in [0.1, 0.15) is 82.1 Å². The molecule has 0 radical (unpaired) electrons. The van der Waals surface area contributed by atoms with Gasteiger partial charge in [0.15, 0.2) is 0 Å². The van der Waals surface area contributed by atoms with E-state index in [0.717, 1.165) is 61.2 Å². The molecule has 63 heavy (non-hydrogen) atoms. The van der Waals surface area contributed by atoms with Gasteiger partial charge in [0.05, 0.1) is 57.9 Å². The zero-order chi connectivity index (χ0) is 44.3. The van der Waals surface area contributed by atoms with Crippen molar-refractivity contribution in [3.63, 3.8) is 0 Å². The van der Waals surface area contributed by atoms with Gasteiger partial charge in [-0.05, 0) is 92.7 Å². The van der Waals surface area contributed by atoms with E-state index < -0.39 is 30.1 Å². The summed E-state index contributed by atoms with van der Waals surface area (Å²) < 4.78 is 38.5. The zero-order valence-corrected chi connectivity index (χ0v) is 37.5. The predicted molar refractivity (Wildman–Crippen MR) is 243 cm³/mol. The summed E-state index contributed by atoms with van der Waals surface area (Å²) in [5.74, 6) is 0.0407. The van der Waals surface area contributed by atoms with Crippen molar-refractivity contribution >= 4 is 23.6 Å². The van der Waals surface area contributed by atoms with E-state index in [1.54, 1.807) is 28.8 Å². The van der Waals surface area contributed by atoms with Crippen LogP contribution in [0.5, 0.6) is 11.5 Å². The Hall–Kier alpha value is -3.89. The Kier molecular flexibility index (Phi) is 19.7. The summed E-state index contributed by atoms with van der Waals surface area (Å²) in [4.78, 5) is 23.5. The quantitative estimate of drug-likeness (QED) is 0.0344. The van der Waals surface area contributed by atoms with E-state index >= 15 is 0 Å². The van der Waals surface area contributed by atoms with Gasteiger partial charge < -0.3 is 48.6 Å². The van der Waals surface area contributed by atoms with Crippen LogP contribution in [-0.4, -0.2) is 122 Å². The number of nitrogens with zero attached hydrogens (tertiary/aromatic N) is 2. The third-order valence-electron chi connectivity index (χ3n) is 12.3. The molecule has 13 nitrogen and oxygen atoms in total. The highest BCUT2D eigenvalue weighted by Crippen LogP contribution is 2.62. The molecule has 0 spiro atoms. The molecule has 1 amide bonds. The van der Waals surface area contributed by atoms with Gasteiger partial charge in [0.25, 0.3) is 0 Å². The van der Waals surface area contributed by atoms with Gasteiger partial charge in [-0.2, -0.15) is 0 Å². The number of fused-ring (bicyclic) bond motifs is 2. The number of oxime groups is 1. The highest BCUT2D eigenvalue weighted by molar-refractivity contribution is 7.99. The van der Waals surface area contributed by atoms with Gasteiger partial charge in [-0.15, -0.1) is 24.9 Å². The molecule has 2 aromatic rings. The minimum atomic E-state index is -1.47. The minimum absolute atomic E-state index is 0.0470. The molecule has 2 aliphatic heterocycles. The second-order valence-electron chi connectivity index (χ2n) is 16.4. The van der Waals surface area contributed by atoms with Crippen LogP contribution in [0.15, 0.2) is 95.5 Å². The Morgan fingerprint density at radius 2 is 1.78 bits per heavy atom. The number of carbonyl (C=O) groups is 1. The molecule has 7 atom stereocenters. The molecule has 14 heteroatoms. The maximum Gasteiger partial charge on any atom is 0.410 e. The summed E-state index contributed by atoms with van der Waals surface area (Å²) in [5, 5.41) is 34.4. The average Bonchev–Trinajstić information content (AvgIpc) is 3.31. The van der Waals surface area contributed by atoms with Crippen LogP contribution in [0, 0.1) is 17.8 Å². The van der Waals surface area contributed by atoms with Crippen molar-refractivity contribution in [1.29, 1.82) is 0 Å². The standard InChI is InChI=1S/C49H68N2O11S/c1-3-5-27-59-48(55)51(22-29-56-30-25-54)44-35-42(50-62-45-19-11-14-28-58-45)40-33-36(15-9-12-23-52)39(18-10-13-24-53)46-41-34-37(57-31-32-63-38-16-7-6-8-17-38)20-21-43(41)61-49(44,47(40)46)60-26-4-2/h3-4,6-8,16-17,20-21,33-34,36,39,44-47,52-54H,1-2,5,9-15,18-19,22-32,35H2/t36-,39+,44-,45?,46+,47+,49+/m0/s1. The molecule has 6 rings (SSSR count). The van der Waals surface area contributed by atoms with E-state index in [4.69, 9.17) is 38.4 Å². The van der Waals surface area contributed by atoms with Crippen molar-refractivity contribution in [2.24, 2.45) is 22.9 Å². The number of aliphatic hydroxyl groups excluding tert-OH is 3. The molecular formula is C49H68N2O11S. The van der Waals surface area contributed by atoms with E-state index in [-0.39, 0.29) is 77.0 Å². The van der Waals surface area contributed by atoms with Crippen LogP contribution in [-0.2, 0) is 23.8 Å². The molecular weight excluding hydrogens is 825 g/mol. The van der Waals surface area contributed by atoms with Crippen molar-refractivity contribution in [1.82, 2.24) is 4.90 Å². The SMILES string of the molecule is C=CCCOC(=O)N(CCOCCO)[C@H]1CC(=NOC2CCCCO2)C2=C[C@H](CCCCO)[C@@H](CCCCO)[C@@H]3c4cc(OCCSc5ccccc5)ccc4O[C@@]1(OCC=C)[C@H]23. The highest BCUT2D eigenvalue weighted by Gasteiger charge is 2.65. The van der Waals surface area contributed by atoms with Crippen molar-refractivity contribution in [2.75, 3.05) is 71.8 Å². The first kappa shape index (κ1) is 48.6. The monoisotopic (exact) mass is 892 g/mol. The summed E-state index contributed by atoms with van der Waals surface area (Å²) >= 11 is 1.74. The Balaban J connectivity index is 1.51. The van der Waals surface area contributed by atoms with E-state index in [0.29, 0.717) is 50.4 Å². The molecule has 2 aromatic carbocycles. The van der Waals surface area contributed by atoms with Gasteiger partial charge in [-0.1, -0.05) is 54.4 Å². The molecule has 0 aromatic heterocycles. The molecule has 346 valence electrons. The van der Waals surface area contributed by atoms with Gasteiger partial charge in [-0.25, -0.2) is 4.79 Å². The van der Waals surface area contributed by atoms with Gasteiger partial charge in [-0.3, -0.25) is 4.90 Å². The van der Waals surface area contributed by atoms with Crippen LogP contribution in [0.25, 0.3) is 0 Å². The van der Waals surface area contributed by atoms with Crippen molar-refractivity contribution in [3.05, 3.63) is 91.1 Å².